The van der Waals surface area contributed by atoms with Crippen molar-refractivity contribution < 1.29 is 36.9 Å². The van der Waals surface area contributed by atoms with Gasteiger partial charge in [0.15, 0.2) is 23.3 Å². The van der Waals surface area contributed by atoms with Crippen LogP contribution in [0.1, 0.15) is 61.2 Å². The summed E-state index contributed by atoms with van der Waals surface area (Å²) in [6.45, 7) is 9.10. The quantitative estimate of drug-likeness (QED) is 0.186. The predicted octanol–water partition coefficient (Wildman–Crippen LogP) is 8.77. The van der Waals surface area contributed by atoms with E-state index in [9.17, 15) is 23.1 Å². The van der Waals surface area contributed by atoms with Crippen LogP contribution in [0.3, 0.4) is 0 Å². The minimum absolute atomic E-state index is 0.0218. The molecule has 1 aliphatic heterocycles. The Hall–Kier alpha value is -4.77. The summed E-state index contributed by atoms with van der Waals surface area (Å²) in [5.74, 6) is -1.66. The molecule has 2 aromatic heterocycles. The zero-order valence-electron chi connectivity index (χ0n) is 26.5. The third-order valence-electron chi connectivity index (χ3n) is 8.18. The van der Waals surface area contributed by atoms with Gasteiger partial charge in [0.2, 0.25) is 0 Å². The summed E-state index contributed by atoms with van der Waals surface area (Å²) in [5, 5.41) is 15.2. The van der Waals surface area contributed by atoms with Crippen molar-refractivity contribution in [3.05, 3.63) is 94.4 Å². The predicted molar refractivity (Wildman–Crippen MR) is 169 cm³/mol. The Morgan fingerprint density at radius 1 is 1.00 bits per heavy atom. The SMILES string of the molecule is Cc1nc2cc(-c3cccc(-c4ccccc4C(F)(F)F)c3)nn2c(-c2cc(F)c3c(c2C)CCCO3)c1[C@H](OC(C)(C)C)C(=O)O. The van der Waals surface area contributed by atoms with E-state index in [1.807, 2.05) is 6.92 Å². The average Bonchev–Trinajstić information content (AvgIpc) is 3.44. The zero-order valence-corrected chi connectivity index (χ0v) is 26.5. The summed E-state index contributed by atoms with van der Waals surface area (Å²) in [6.07, 6.45) is -4.76. The van der Waals surface area contributed by atoms with Crippen LogP contribution in [0.25, 0.3) is 39.3 Å². The maximum atomic E-state index is 15.7. The molecule has 3 aromatic carbocycles. The van der Waals surface area contributed by atoms with Gasteiger partial charge >= 0.3 is 12.1 Å². The van der Waals surface area contributed by atoms with Crippen molar-refractivity contribution >= 4 is 11.6 Å². The number of carbonyl (C=O) groups is 1. The van der Waals surface area contributed by atoms with Crippen LogP contribution in [0, 0.1) is 19.7 Å². The van der Waals surface area contributed by atoms with E-state index in [1.54, 1.807) is 64.1 Å². The first-order valence-corrected chi connectivity index (χ1v) is 15.2. The Morgan fingerprint density at radius 2 is 1.72 bits per heavy atom. The molecule has 0 radical (unpaired) electrons. The largest absolute Gasteiger partial charge is 0.490 e. The van der Waals surface area contributed by atoms with Crippen LogP contribution in [0.4, 0.5) is 17.6 Å². The Labute approximate surface area is 268 Å². The van der Waals surface area contributed by atoms with Gasteiger partial charge in [-0.1, -0.05) is 36.4 Å². The smallest absolute Gasteiger partial charge is 0.417 e. The van der Waals surface area contributed by atoms with Crippen molar-refractivity contribution in [1.82, 2.24) is 14.6 Å². The van der Waals surface area contributed by atoms with E-state index in [4.69, 9.17) is 19.6 Å². The number of aryl methyl sites for hydroxylation is 1. The van der Waals surface area contributed by atoms with Gasteiger partial charge in [-0.2, -0.15) is 18.3 Å². The van der Waals surface area contributed by atoms with Crippen molar-refractivity contribution in [1.29, 1.82) is 0 Å². The van der Waals surface area contributed by atoms with Crippen molar-refractivity contribution in [3.8, 4) is 39.4 Å². The number of fused-ring (bicyclic) bond motifs is 2. The van der Waals surface area contributed by atoms with Crippen molar-refractivity contribution in [3.63, 3.8) is 0 Å². The van der Waals surface area contributed by atoms with Crippen LogP contribution in [0.2, 0.25) is 0 Å². The van der Waals surface area contributed by atoms with E-state index in [0.717, 1.165) is 6.07 Å². The Kier molecular flexibility index (Phi) is 8.07. The molecule has 0 unspecified atom stereocenters. The second-order valence-corrected chi connectivity index (χ2v) is 12.6. The van der Waals surface area contributed by atoms with Gasteiger partial charge < -0.3 is 14.6 Å². The van der Waals surface area contributed by atoms with Gasteiger partial charge in [-0.15, -0.1) is 0 Å². The van der Waals surface area contributed by atoms with E-state index in [-0.39, 0.29) is 16.9 Å². The molecular weight excluding hydrogens is 614 g/mol. The molecule has 3 heterocycles. The van der Waals surface area contributed by atoms with Gasteiger partial charge in [0, 0.05) is 34.0 Å². The Morgan fingerprint density at radius 3 is 2.43 bits per heavy atom. The van der Waals surface area contributed by atoms with Gasteiger partial charge in [0.05, 0.1) is 29.2 Å². The summed E-state index contributed by atoms with van der Waals surface area (Å²) in [6, 6.07) is 14.9. The second kappa shape index (κ2) is 11.8. The van der Waals surface area contributed by atoms with Crippen LogP contribution in [-0.4, -0.2) is 37.9 Å². The summed E-state index contributed by atoms with van der Waals surface area (Å²) in [4.78, 5) is 17.5. The third kappa shape index (κ3) is 6.07. The molecule has 244 valence electrons. The molecule has 47 heavy (non-hydrogen) atoms. The van der Waals surface area contributed by atoms with Crippen molar-refractivity contribution in [2.75, 3.05) is 6.61 Å². The van der Waals surface area contributed by atoms with E-state index < -0.39 is 35.2 Å². The molecule has 1 atom stereocenters. The molecule has 0 fully saturated rings. The number of carboxylic acid groups (broad SMARTS) is 1. The van der Waals surface area contributed by atoms with Crippen molar-refractivity contribution in [2.24, 2.45) is 0 Å². The fourth-order valence-corrected chi connectivity index (χ4v) is 6.17. The molecule has 1 aliphatic rings. The number of carboxylic acids is 1. The van der Waals surface area contributed by atoms with E-state index in [0.29, 0.717) is 70.0 Å². The monoisotopic (exact) mass is 647 g/mol. The molecule has 5 aromatic rings. The topological polar surface area (TPSA) is 86.0 Å². The molecule has 0 bridgehead atoms. The summed E-state index contributed by atoms with van der Waals surface area (Å²) >= 11 is 0. The number of hydrogen-bond donors (Lipinski definition) is 1. The number of hydrogen-bond acceptors (Lipinski definition) is 5. The molecular formula is C36H33F4N3O4. The maximum Gasteiger partial charge on any atom is 0.417 e. The first-order chi connectivity index (χ1) is 22.1. The van der Waals surface area contributed by atoms with Crippen LogP contribution in [0.5, 0.6) is 5.75 Å². The Bertz CT molecular complexity index is 2030. The number of benzene rings is 3. The number of nitrogens with zero attached hydrogens (tertiary/aromatic N) is 3. The van der Waals surface area contributed by atoms with Gasteiger partial charge in [-0.25, -0.2) is 18.7 Å². The van der Waals surface area contributed by atoms with Crippen LogP contribution < -0.4 is 4.74 Å². The highest BCUT2D eigenvalue weighted by Crippen LogP contribution is 2.43. The molecule has 0 aliphatic carbocycles. The van der Waals surface area contributed by atoms with E-state index in [2.05, 4.69) is 0 Å². The summed E-state index contributed by atoms with van der Waals surface area (Å²) < 4.78 is 70.4. The zero-order chi connectivity index (χ0) is 33.8. The highest BCUT2D eigenvalue weighted by Gasteiger charge is 2.35. The lowest BCUT2D eigenvalue weighted by atomic mass is 9.91. The lowest BCUT2D eigenvalue weighted by Crippen LogP contribution is -2.29. The normalized spacial score (nSPS) is 14.1. The summed E-state index contributed by atoms with van der Waals surface area (Å²) in [5.41, 5.74) is 2.61. The molecule has 0 spiro atoms. The third-order valence-corrected chi connectivity index (χ3v) is 8.18. The molecule has 6 rings (SSSR count). The molecule has 7 nitrogen and oxygen atoms in total. The molecule has 11 heteroatoms. The van der Waals surface area contributed by atoms with Crippen molar-refractivity contribution in [2.45, 2.75) is 65.3 Å². The van der Waals surface area contributed by atoms with Gasteiger partial charge in [0.25, 0.3) is 0 Å². The number of halogens is 4. The maximum absolute atomic E-state index is 15.7. The van der Waals surface area contributed by atoms with Gasteiger partial charge in [-0.3, -0.25) is 0 Å². The number of alkyl halides is 3. The van der Waals surface area contributed by atoms with Gasteiger partial charge in [-0.05, 0) is 82.3 Å². The minimum Gasteiger partial charge on any atom is -0.490 e. The molecule has 0 saturated heterocycles. The minimum atomic E-state index is -4.55. The molecule has 1 N–H and O–H groups in total. The second-order valence-electron chi connectivity index (χ2n) is 12.6. The van der Waals surface area contributed by atoms with Crippen LogP contribution in [0.15, 0.2) is 60.7 Å². The lowest BCUT2D eigenvalue weighted by molar-refractivity contribution is -0.160. The van der Waals surface area contributed by atoms with E-state index >= 15 is 4.39 Å². The number of aromatic nitrogens is 3. The molecule has 0 amide bonds. The Balaban J connectivity index is 1.62. The first-order valence-electron chi connectivity index (χ1n) is 15.2. The van der Waals surface area contributed by atoms with Crippen LogP contribution in [-0.2, 0) is 22.1 Å². The van der Waals surface area contributed by atoms with Gasteiger partial charge in [0.1, 0.15) is 0 Å². The van der Waals surface area contributed by atoms with E-state index in [1.165, 1.54) is 22.7 Å². The first kappa shape index (κ1) is 32.2. The average molecular weight is 648 g/mol. The highest BCUT2D eigenvalue weighted by atomic mass is 19.4. The fraction of sp³-hybridized carbons (Fsp3) is 0.306. The number of rotatable bonds is 6. The lowest BCUT2D eigenvalue weighted by Gasteiger charge is -2.28. The highest BCUT2D eigenvalue weighted by molar-refractivity contribution is 5.83. The number of ether oxygens (including phenoxy) is 2. The standard InChI is InChI=1S/C36H33F4N3O4/c1-19-23-13-9-15-46-32(23)27(37)17-25(19)31-30(33(34(44)45)47-35(3,4)5)20(2)41-29-18-28(42-43(29)31)22-11-8-10-21(16-22)24-12-6-7-14-26(24)36(38,39)40/h6-8,10-12,14,16-18,33H,9,13,15H2,1-5H3,(H,44,45)/t33-/m0/s1. The molecule has 0 saturated carbocycles. The number of aliphatic carboxylic acids is 1. The summed E-state index contributed by atoms with van der Waals surface area (Å²) in [7, 11) is 0. The van der Waals surface area contributed by atoms with Crippen LogP contribution >= 0.6 is 0 Å². The fourth-order valence-electron chi connectivity index (χ4n) is 6.17.